The standard InChI is InChI=1S/C14H21N3O/c1-11-10-17(8-7-16-11)14(18)13(9-15)12-5-3-2-4-6-12/h2-6,11,13,16H,7-10,15H2,1H3/t11-,13+/m0/s1. The number of benzene rings is 1. The second-order valence-corrected chi connectivity index (χ2v) is 4.84. The highest BCUT2D eigenvalue weighted by Gasteiger charge is 2.27. The summed E-state index contributed by atoms with van der Waals surface area (Å²) in [4.78, 5) is 14.4. The maximum absolute atomic E-state index is 12.5. The summed E-state index contributed by atoms with van der Waals surface area (Å²) in [6, 6.07) is 10.2. The van der Waals surface area contributed by atoms with Crippen molar-refractivity contribution >= 4 is 5.91 Å². The zero-order chi connectivity index (χ0) is 13.0. The molecule has 1 saturated heterocycles. The van der Waals surface area contributed by atoms with Crippen LogP contribution in [-0.4, -0.2) is 43.0 Å². The number of nitrogens with one attached hydrogen (secondary N) is 1. The molecule has 0 bridgehead atoms. The number of carbonyl (C=O) groups is 1. The lowest BCUT2D eigenvalue weighted by atomic mass is 9.97. The van der Waals surface area contributed by atoms with Gasteiger partial charge in [0.1, 0.15) is 0 Å². The van der Waals surface area contributed by atoms with Crippen LogP contribution in [0.3, 0.4) is 0 Å². The SMILES string of the molecule is C[C@H]1CN(C(=O)[C@H](CN)c2ccccc2)CCN1. The molecule has 2 rings (SSSR count). The Labute approximate surface area is 108 Å². The maximum atomic E-state index is 12.5. The molecule has 1 heterocycles. The first-order valence-corrected chi connectivity index (χ1v) is 6.49. The van der Waals surface area contributed by atoms with Crippen molar-refractivity contribution in [3.8, 4) is 0 Å². The lowest BCUT2D eigenvalue weighted by Crippen LogP contribution is -2.53. The summed E-state index contributed by atoms with van der Waals surface area (Å²) in [5, 5.41) is 3.34. The molecule has 1 amide bonds. The Morgan fingerprint density at radius 2 is 2.22 bits per heavy atom. The fourth-order valence-electron chi connectivity index (χ4n) is 2.42. The minimum absolute atomic E-state index is 0.150. The number of nitrogens with zero attached hydrogens (tertiary/aromatic N) is 1. The van der Waals surface area contributed by atoms with Gasteiger partial charge in [0.25, 0.3) is 0 Å². The van der Waals surface area contributed by atoms with Crippen molar-refractivity contribution in [3.63, 3.8) is 0 Å². The van der Waals surface area contributed by atoms with E-state index >= 15 is 0 Å². The second kappa shape index (κ2) is 5.98. The largest absolute Gasteiger partial charge is 0.339 e. The predicted octanol–water partition coefficient (Wildman–Crippen LogP) is 0.549. The van der Waals surface area contributed by atoms with Gasteiger partial charge in [-0.15, -0.1) is 0 Å². The lowest BCUT2D eigenvalue weighted by molar-refractivity contribution is -0.133. The first-order valence-electron chi connectivity index (χ1n) is 6.49. The van der Waals surface area contributed by atoms with E-state index < -0.39 is 0 Å². The Morgan fingerprint density at radius 1 is 1.50 bits per heavy atom. The van der Waals surface area contributed by atoms with E-state index in [1.807, 2.05) is 35.2 Å². The molecule has 18 heavy (non-hydrogen) atoms. The van der Waals surface area contributed by atoms with Gasteiger partial charge in [-0.3, -0.25) is 4.79 Å². The van der Waals surface area contributed by atoms with Crippen LogP contribution in [0.15, 0.2) is 30.3 Å². The van der Waals surface area contributed by atoms with Gasteiger partial charge in [-0.05, 0) is 12.5 Å². The number of amides is 1. The highest BCUT2D eigenvalue weighted by atomic mass is 16.2. The van der Waals surface area contributed by atoms with Crippen molar-refractivity contribution in [2.24, 2.45) is 5.73 Å². The van der Waals surface area contributed by atoms with Gasteiger partial charge < -0.3 is 16.0 Å². The molecule has 1 fully saturated rings. The van der Waals surface area contributed by atoms with Crippen LogP contribution in [0.4, 0.5) is 0 Å². The number of rotatable bonds is 3. The third kappa shape index (κ3) is 2.89. The summed E-state index contributed by atoms with van der Waals surface area (Å²) in [6.45, 7) is 4.86. The molecule has 1 aromatic rings. The van der Waals surface area contributed by atoms with Crippen molar-refractivity contribution < 1.29 is 4.79 Å². The molecule has 1 aliphatic rings. The maximum Gasteiger partial charge on any atom is 0.231 e. The molecule has 0 radical (unpaired) electrons. The average molecular weight is 247 g/mol. The summed E-state index contributed by atoms with van der Waals surface area (Å²) >= 11 is 0. The quantitative estimate of drug-likeness (QED) is 0.820. The topological polar surface area (TPSA) is 58.4 Å². The molecular formula is C14H21N3O. The fraction of sp³-hybridized carbons (Fsp3) is 0.500. The lowest BCUT2D eigenvalue weighted by Gasteiger charge is -2.34. The minimum Gasteiger partial charge on any atom is -0.339 e. The third-order valence-electron chi connectivity index (χ3n) is 3.42. The van der Waals surface area contributed by atoms with Gasteiger partial charge in [-0.25, -0.2) is 0 Å². The van der Waals surface area contributed by atoms with Gasteiger partial charge in [0.2, 0.25) is 5.91 Å². The normalized spacial score (nSPS) is 21.7. The van der Waals surface area contributed by atoms with Crippen LogP contribution < -0.4 is 11.1 Å². The Bertz CT molecular complexity index is 393. The van der Waals surface area contributed by atoms with E-state index in [0.29, 0.717) is 12.6 Å². The van der Waals surface area contributed by atoms with Gasteiger partial charge >= 0.3 is 0 Å². The molecular weight excluding hydrogens is 226 g/mol. The molecule has 2 atom stereocenters. The molecule has 0 unspecified atom stereocenters. The Hall–Kier alpha value is -1.39. The van der Waals surface area contributed by atoms with E-state index in [9.17, 15) is 4.79 Å². The van der Waals surface area contributed by atoms with E-state index in [-0.39, 0.29) is 11.8 Å². The summed E-state index contributed by atoms with van der Waals surface area (Å²) in [5.41, 5.74) is 6.79. The number of hydrogen-bond donors (Lipinski definition) is 2. The first kappa shape index (κ1) is 13.1. The number of piperazine rings is 1. The number of hydrogen-bond acceptors (Lipinski definition) is 3. The highest BCUT2D eigenvalue weighted by Crippen LogP contribution is 2.18. The molecule has 0 saturated carbocycles. The average Bonchev–Trinajstić information content (AvgIpc) is 2.41. The van der Waals surface area contributed by atoms with Gasteiger partial charge in [0.15, 0.2) is 0 Å². The van der Waals surface area contributed by atoms with Crippen LogP contribution >= 0.6 is 0 Å². The molecule has 0 aliphatic carbocycles. The minimum atomic E-state index is -0.212. The zero-order valence-electron chi connectivity index (χ0n) is 10.8. The molecule has 3 N–H and O–H groups in total. The molecule has 0 spiro atoms. The summed E-state index contributed by atoms with van der Waals surface area (Å²) in [6.07, 6.45) is 0. The Morgan fingerprint density at radius 3 is 2.83 bits per heavy atom. The molecule has 1 aliphatic heterocycles. The van der Waals surface area contributed by atoms with Gasteiger partial charge in [-0.1, -0.05) is 30.3 Å². The zero-order valence-corrected chi connectivity index (χ0v) is 10.8. The fourth-order valence-corrected chi connectivity index (χ4v) is 2.42. The first-order chi connectivity index (χ1) is 8.72. The van der Waals surface area contributed by atoms with E-state index in [4.69, 9.17) is 5.73 Å². The third-order valence-corrected chi connectivity index (χ3v) is 3.42. The van der Waals surface area contributed by atoms with Gasteiger partial charge in [0.05, 0.1) is 5.92 Å². The highest BCUT2D eigenvalue weighted by molar-refractivity contribution is 5.84. The van der Waals surface area contributed by atoms with Crippen molar-refractivity contribution in [1.82, 2.24) is 10.2 Å². The summed E-state index contributed by atoms with van der Waals surface area (Å²) < 4.78 is 0. The molecule has 98 valence electrons. The predicted molar refractivity (Wildman–Crippen MR) is 72.3 cm³/mol. The van der Waals surface area contributed by atoms with Crippen LogP contribution in [0.25, 0.3) is 0 Å². The van der Waals surface area contributed by atoms with E-state index in [1.165, 1.54) is 0 Å². The van der Waals surface area contributed by atoms with Gasteiger partial charge in [0, 0.05) is 32.2 Å². The van der Waals surface area contributed by atoms with Crippen molar-refractivity contribution in [1.29, 1.82) is 0 Å². The Balaban J connectivity index is 2.10. The van der Waals surface area contributed by atoms with E-state index in [2.05, 4.69) is 12.2 Å². The summed E-state index contributed by atoms with van der Waals surface area (Å²) in [5.74, 6) is -0.0615. The van der Waals surface area contributed by atoms with E-state index in [0.717, 1.165) is 25.2 Å². The van der Waals surface area contributed by atoms with Crippen LogP contribution in [0.1, 0.15) is 18.4 Å². The smallest absolute Gasteiger partial charge is 0.231 e. The molecule has 1 aromatic carbocycles. The van der Waals surface area contributed by atoms with Crippen molar-refractivity contribution in [2.45, 2.75) is 18.9 Å². The van der Waals surface area contributed by atoms with Gasteiger partial charge in [-0.2, -0.15) is 0 Å². The molecule has 0 aromatic heterocycles. The Kier molecular flexibility index (Phi) is 4.33. The summed E-state index contributed by atoms with van der Waals surface area (Å²) in [7, 11) is 0. The second-order valence-electron chi connectivity index (χ2n) is 4.84. The van der Waals surface area contributed by atoms with Crippen molar-refractivity contribution in [3.05, 3.63) is 35.9 Å². The molecule has 4 nitrogen and oxygen atoms in total. The van der Waals surface area contributed by atoms with E-state index in [1.54, 1.807) is 0 Å². The van der Waals surface area contributed by atoms with Crippen LogP contribution in [-0.2, 0) is 4.79 Å². The van der Waals surface area contributed by atoms with Crippen LogP contribution in [0.2, 0.25) is 0 Å². The monoisotopic (exact) mass is 247 g/mol. The molecule has 4 heteroatoms. The van der Waals surface area contributed by atoms with Crippen molar-refractivity contribution in [2.75, 3.05) is 26.2 Å². The number of nitrogens with two attached hydrogens (primary N) is 1. The van der Waals surface area contributed by atoms with Crippen LogP contribution in [0.5, 0.6) is 0 Å². The number of carbonyl (C=O) groups excluding carboxylic acids is 1. The van der Waals surface area contributed by atoms with Crippen LogP contribution in [0, 0.1) is 0 Å².